The SMILES string of the molecule is O=C(COC(=O)c1ccsc1)c1ccc(NC(=O)c2ccccc2)cc1. The quantitative estimate of drug-likeness (QED) is 0.528. The molecule has 130 valence electrons. The Morgan fingerprint density at radius 3 is 2.23 bits per heavy atom. The Morgan fingerprint density at radius 2 is 1.58 bits per heavy atom. The van der Waals surface area contributed by atoms with Crippen molar-refractivity contribution in [2.75, 3.05) is 11.9 Å². The molecule has 1 aromatic heterocycles. The predicted molar refractivity (Wildman–Crippen MR) is 99.8 cm³/mol. The molecular weight excluding hydrogens is 350 g/mol. The number of thiophene rings is 1. The van der Waals surface area contributed by atoms with E-state index in [0.29, 0.717) is 22.4 Å². The maximum Gasteiger partial charge on any atom is 0.339 e. The molecule has 6 heteroatoms. The van der Waals surface area contributed by atoms with Gasteiger partial charge in [0.1, 0.15) is 0 Å². The van der Waals surface area contributed by atoms with Crippen LogP contribution < -0.4 is 5.32 Å². The van der Waals surface area contributed by atoms with E-state index in [9.17, 15) is 14.4 Å². The van der Waals surface area contributed by atoms with Crippen LogP contribution in [0.3, 0.4) is 0 Å². The van der Waals surface area contributed by atoms with Crippen molar-refractivity contribution in [3.05, 3.63) is 88.1 Å². The molecule has 0 atom stereocenters. The number of carbonyl (C=O) groups excluding carboxylic acids is 3. The minimum Gasteiger partial charge on any atom is -0.454 e. The number of hydrogen-bond acceptors (Lipinski definition) is 5. The number of nitrogens with one attached hydrogen (secondary N) is 1. The summed E-state index contributed by atoms with van der Waals surface area (Å²) in [6, 6.07) is 16.9. The molecule has 0 bridgehead atoms. The number of amides is 1. The van der Waals surface area contributed by atoms with Crippen LogP contribution in [0.1, 0.15) is 31.1 Å². The van der Waals surface area contributed by atoms with E-state index in [0.717, 1.165) is 0 Å². The van der Waals surface area contributed by atoms with Crippen LogP contribution in [0, 0.1) is 0 Å². The molecular formula is C20H15NO4S. The summed E-state index contributed by atoms with van der Waals surface area (Å²) < 4.78 is 5.00. The van der Waals surface area contributed by atoms with Crippen molar-refractivity contribution in [3.63, 3.8) is 0 Å². The van der Waals surface area contributed by atoms with Crippen LogP contribution in [0.5, 0.6) is 0 Å². The second-order valence-corrected chi connectivity index (χ2v) is 6.19. The molecule has 1 amide bonds. The Labute approximate surface area is 154 Å². The zero-order chi connectivity index (χ0) is 18.4. The fourth-order valence-corrected chi connectivity index (χ4v) is 2.84. The molecule has 0 aliphatic heterocycles. The number of ketones is 1. The van der Waals surface area contributed by atoms with E-state index in [4.69, 9.17) is 4.74 Å². The van der Waals surface area contributed by atoms with Gasteiger partial charge >= 0.3 is 5.97 Å². The summed E-state index contributed by atoms with van der Waals surface area (Å²) in [5.74, 6) is -1.06. The van der Waals surface area contributed by atoms with Gasteiger partial charge in [-0.25, -0.2) is 4.79 Å². The number of anilines is 1. The van der Waals surface area contributed by atoms with E-state index in [1.807, 2.05) is 6.07 Å². The Morgan fingerprint density at radius 1 is 0.846 bits per heavy atom. The van der Waals surface area contributed by atoms with Gasteiger partial charge in [0.2, 0.25) is 0 Å². The van der Waals surface area contributed by atoms with Crippen molar-refractivity contribution in [1.82, 2.24) is 0 Å². The molecule has 0 unspecified atom stereocenters. The Balaban J connectivity index is 1.56. The lowest BCUT2D eigenvalue weighted by molar-refractivity contribution is 0.0475. The maximum absolute atomic E-state index is 12.1. The fourth-order valence-electron chi connectivity index (χ4n) is 2.21. The topological polar surface area (TPSA) is 72.5 Å². The largest absolute Gasteiger partial charge is 0.454 e. The number of Topliss-reactive ketones (excluding diaryl/α,β-unsaturated/α-hetero) is 1. The van der Waals surface area contributed by atoms with Crippen molar-refractivity contribution < 1.29 is 19.1 Å². The molecule has 3 rings (SSSR count). The van der Waals surface area contributed by atoms with Gasteiger partial charge in [-0.15, -0.1) is 0 Å². The molecule has 1 heterocycles. The summed E-state index contributed by atoms with van der Waals surface area (Å²) >= 11 is 1.38. The fraction of sp³-hybridized carbons (Fsp3) is 0.0500. The number of benzene rings is 2. The minimum atomic E-state index is -0.522. The summed E-state index contributed by atoms with van der Waals surface area (Å²) in [6.45, 7) is -0.329. The molecule has 0 aliphatic carbocycles. The van der Waals surface area contributed by atoms with Crippen LogP contribution in [0.25, 0.3) is 0 Å². The molecule has 0 saturated carbocycles. The summed E-state index contributed by atoms with van der Waals surface area (Å²) in [6.07, 6.45) is 0. The number of esters is 1. The maximum atomic E-state index is 12.1. The third kappa shape index (κ3) is 4.43. The first-order valence-electron chi connectivity index (χ1n) is 7.82. The van der Waals surface area contributed by atoms with E-state index in [1.165, 1.54) is 11.3 Å². The van der Waals surface area contributed by atoms with Gasteiger partial charge in [-0.2, -0.15) is 11.3 Å². The number of hydrogen-bond donors (Lipinski definition) is 1. The molecule has 0 aliphatic rings. The van der Waals surface area contributed by atoms with E-state index < -0.39 is 5.97 Å². The van der Waals surface area contributed by atoms with Gasteiger partial charge in [0.25, 0.3) is 5.91 Å². The highest BCUT2D eigenvalue weighted by atomic mass is 32.1. The normalized spacial score (nSPS) is 10.2. The highest BCUT2D eigenvalue weighted by Crippen LogP contribution is 2.13. The standard InChI is InChI=1S/C20H15NO4S/c22-18(12-25-20(24)16-10-11-26-13-16)14-6-8-17(9-7-14)21-19(23)15-4-2-1-3-5-15/h1-11,13H,12H2,(H,21,23). The van der Waals surface area contributed by atoms with Gasteiger partial charge in [-0.1, -0.05) is 18.2 Å². The highest BCUT2D eigenvalue weighted by molar-refractivity contribution is 7.08. The molecule has 1 N–H and O–H groups in total. The average molecular weight is 365 g/mol. The van der Waals surface area contributed by atoms with Gasteiger partial charge in [0.15, 0.2) is 12.4 Å². The van der Waals surface area contributed by atoms with Gasteiger partial charge < -0.3 is 10.1 Å². The average Bonchev–Trinajstić information content (AvgIpc) is 3.22. The second-order valence-electron chi connectivity index (χ2n) is 5.41. The Bertz CT molecular complexity index is 903. The lowest BCUT2D eigenvalue weighted by atomic mass is 10.1. The highest BCUT2D eigenvalue weighted by Gasteiger charge is 2.12. The summed E-state index contributed by atoms with van der Waals surface area (Å²) in [5, 5.41) is 6.19. The lowest BCUT2D eigenvalue weighted by Gasteiger charge is -2.07. The molecule has 0 radical (unpaired) electrons. The van der Waals surface area contributed by atoms with E-state index in [2.05, 4.69) is 5.32 Å². The summed E-state index contributed by atoms with van der Waals surface area (Å²) in [4.78, 5) is 35.9. The van der Waals surface area contributed by atoms with Gasteiger partial charge in [-0.3, -0.25) is 9.59 Å². The number of carbonyl (C=O) groups is 3. The molecule has 2 aromatic carbocycles. The molecule has 5 nitrogen and oxygen atoms in total. The third-order valence-electron chi connectivity index (χ3n) is 3.59. The van der Waals surface area contributed by atoms with E-state index >= 15 is 0 Å². The first-order valence-corrected chi connectivity index (χ1v) is 8.77. The van der Waals surface area contributed by atoms with Crippen molar-refractivity contribution in [3.8, 4) is 0 Å². The number of rotatable bonds is 6. The zero-order valence-corrected chi connectivity index (χ0v) is 14.5. The van der Waals surface area contributed by atoms with Crippen LogP contribution in [0.15, 0.2) is 71.4 Å². The first-order chi connectivity index (χ1) is 12.6. The van der Waals surface area contributed by atoms with E-state index in [1.54, 1.807) is 65.4 Å². The van der Waals surface area contributed by atoms with Gasteiger partial charge in [0.05, 0.1) is 5.56 Å². The van der Waals surface area contributed by atoms with Crippen LogP contribution in [-0.4, -0.2) is 24.3 Å². The number of ether oxygens (including phenoxy) is 1. The second kappa shape index (κ2) is 8.22. The van der Waals surface area contributed by atoms with Crippen LogP contribution in [-0.2, 0) is 4.74 Å². The van der Waals surface area contributed by atoms with Crippen molar-refractivity contribution in [2.24, 2.45) is 0 Å². The Hall–Kier alpha value is -3.25. The molecule has 26 heavy (non-hydrogen) atoms. The smallest absolute Gasteiger partial charge is 0.339 e. The third-order valence-corrected chi connectivity index (χ3v) is 4.28. The lowest BCUT2D eigenvalue weighted by Crippen LogP contribution is -2.14. The Kier molecular flexibility index (Phi) is 5.56. The monoisotopic (exact) mass is 365 g/mol. The van der Waals surface area contributed by atoms with Crippen LogP contribution in [0.2, 0.25) is 0 Å². The van der Waals surface area contributed by atoms with Gasteiger partial charge in [0, 0.05) is 22.2 Å². The van der Waals surface area contributed by atoms with Crippen molar-refractivity contribution in [2.45, 2.75) is 0 Å². The molecule has 3 aromatic rings. The first kappa shape index (κ1) is 17.6. The minimum absolute atomic E-state index is 0.227. The van der Waals surface area contributed by atoms with E-state index in [-0.39, 0.29) is 18.3 Å². The zero-order valence-electron chi connectivity index (χ0n) is 13.7. The molecule has 0 saturated heterocycles. The predicted octanol–water partition coefficient (Wildman–Crippen LogP) is 4.04. The molecule has 0 fully saturated rings. The van der Waals surface area contributed by atoms with Gasteiger partial charge in [-0.05, 0) is 47.8 Å². The van der Waals surface area contributed by atoms with Crippen LogP contribution in [0.4, 0.5) is 5.69 Å². The summed E-state index contributed by atoms with van der Waals surface area (Å²) in [5.41, 5.74) is 1.96. The van der Waals surface area contributed by atoms with Crippen molar-refractivity contribution in [1.29, 1.82) is 0 Å². The van der Waals surface area contributed by atoms with Crippen molar-refractivity contribution >= 4 is 34.7 Å². The molecule has 0 spiro atoms. The van der Waals surface area contributed by atoms with Crippen LogP contribution >= 0.6 is 11.3 Å². The summed E-state index contributed by atoms with van der Waals surface area (Å²) in [7, 11) is 0.